The third-order valence-corrected chi connectivity index (χ3v) is 8.92. The Labute approximate surface area is 200 Å². The van der Waals surface area contributed by atoms with E-state index in [1.165, 1.54) is 11.8 Å². The normalized spacial score (nSPS) is 25.1. The number of thioether (sulfide) groups is 1. The molecule has 7 nitrogen and oxygen atoms in total. The molecule has 0 bridgehead atoms. The van der Waals surface area contributed by atoms with Crippen molar-refractivity contribution in [1.29, 1.82) is 0 Å². The Morgan fingerprint density at radius 1 is 1.03 bits per heavy atom. The van der Waals surface area contributed by atoms with E-state index in [0.29, 0.717) is 0 Å². The number of hydrogen-bond donors (Lipinski definition) is 0. The SMILES string of the molecule is CCOC(=O)[C@H]1N2C(=O)[C@@H](N=[N+]=[N-])[C@]2(c2ccccc2)SC12c1ccccc1-c1ccccc12. The Balaban J connectivity index is 1.69. The highest BCUT2D eigenvalue weighted by atomic mass is 32.2. The molecule has 1 aliphatic carbocycles. The van der Waals surface area contributed by atoms with Crippen molar-refractivity contribution >= 4 is 23.6 Å². The lowest BCUT2D eigenvalue weighted by molar-refractivity contribution is -0.169. The Bertz CT molecular complexity index is 1340. The van der Waals surface area contributed by atoms with Crippen LogP contribution >= 0.6 is 11.8 Å². The lowest BCUT2D eigenvalue weighted by Gasteiger charge is -2.52. The minimum absolute atomic E-state index is 0.194. The number of amides is 1. The molecule has 1 amide bonds. The number of benzene rings is 3. The lowest BCUT2D eigenvalue weighted by Crippen LogP contribution is -2.70. The zero-order chi connectivity index (χ0) is 23.5. The molecule has 2 fully saturated rings. The van der Waals surface area contributed by atoms with E-state index in [2.05, 4.69) is 10.0 Å². The van der Waals surface area contributed by atoms with Crippen LogP contribution in [0.1, 0.15) is 23.6 Å². The Kier molecular flexibility index (Phi) is 4.52. The summed E-state index contributed by atoms with van der Waals surface area (Å²) in [5.41, 5.74) is 14.1. The molecule has 0 aromatic heterocycles. The molecule has 3 aromatic rings. The van der Waals surface area contributed by atoms with Crippen LogP contribution in [0, 0.1) is 0 Å². The van der Waals surface area contributed by atoms with Crippen LogP contribution in [-0.2, 0) is 23.9 Å². The number of ether oxygens (including phenoxy) is 1. The zero-order valence-corrected chi connectivity index (χ0v) is 19.1. The summed E-state index contributed by atoms with van der Waals surface area (Å²) in [4.78, 5) is 30.8. The second-order valence-electron chi connectivity index (χ2n) is 8.46. The monoisotopic (exact) mass is 468 g/mol. The molecule has 2 heterocycles. The van der Waals surface area contributed by atoms with Crippen LogP contribution in [-0.4, -0.2) is 35.5 Å². The molecular weight excluding hydrogens is 448 g/mol. The number of carbonyl (C=O) groups is 2. The molecule has 0 unspecified atom stereocenters. The molecule has 1 spiro atoms. The van der Waals surface area contributed by atoms with Gasteiger partial charge in [0.05, 0.1) is 6.61 Å². The van der Waals surface area contributed by atoms with Gasteiger partial charge in [-0.25, -0.2) is 4.79 Å². The molecule has 0 radical (unpaired) electrons. The summed E-state index contributed by atoms with van der Waals surface area (Å²) in [5.74, 6) is -0.835. The van der Waals surface area contributed by atoms with Gasteiger partial charge in [0.25, 0.3) is 0 Å². The molecule has 3 aromatic carbocycles. The smallest absolute Gasteiger partial charge is 0.331 e. The van der Waals surface area contributed by atoms with Crippen molar-refractivity contribution in [2.45, 2.75) is 28.6 Å². The van der Waals surface area contributed by atoms with Crippen LogP contribution in [0.2, 0.25) is 0 Å². The van der Waals surface area contributed by atoms with Crippen LogP contribution in [0.25, 0.3) is 21.6 Å². The molecule has 3 aliphatic rings. The third kappa shape index (κ3) is 2.36. The fourth-order valence-corrected chi connectivity index (χ4v) is 7.96. The lowest BCUT2D eigenvalue weighted by atomic mass is 9.81. The number of hydrogen-bond acceptors (Lipinski definition) is 5. The Morgan fingerprint density at radius 2 is 1.62 bits per heavy atom. The molecule has 34 heavy (non-hydrogen) atoms. The van der Waals surface area contributed by atoms with Gasteiger partial charge in [-0.05, 0) is 40.3 Å². The summed E-state index contributed by atoms with van der Waals surface area (Å²) < 4.78 is 4.66. The summed E-state index contributed by atoms with van der Waals surface area (Å²) in [6.07, 6.45) is 0. The van der Waals surface area contributed by atoms with Gasteiger partial charge in [0.1, 0.15) is 9.62 Å². The summed E-state index contributed by atoms with van der Waals surface area (Å²) in [5, 5.41) is 3.92. The van der Waals surface area contributed by atoms with E-state index < -0.39 is 27.7 Å². The molecule has 0 N–H and O–H groups in total. The highest BCUT2D eigenvalue weighted by Crippen LogP contribution is 2.73. The van der Waals surface area contributed by atoms with E-state index in [9.17, 15) is 15.1 Å². The van der Waals surface area contributed by atoms with Crippen molar-refractivity contribution in [1.82, 2.24) is 4.90 Å². The highest BCUT2D eigenvalue weighted by molar-refractivity contribution is 8.02. The first-order valence-corrected chi connectivity index (χ1v) is 11.9. The Hall–Kier alpha value is -3.74. The number of carbonyl (C=O) groups excluding carboxylic acids is 2. The van der Waals surface area contributed by atoms with Crippen molar-refractivity contribution in [2.75, 3.05) is 6.61 Å². The maximum absolute atomic E-state index is 13.7. The second kappa shape index (κ2) is 7.38. The summed E-state index contributed by atoms with van der Waals surface area (Å²) in [7, 11) is 0. The van der Waals surface area contributed by atoms with Gasteiger partial charge in [-0.3, -0.25) is 4.79 Å². The fourth-order valence-electron chi connectivity index (χ4n) is 5.77. The molecular formula is C26H20N4O3S. The number of nitrogens with zero attached hydrogens (tertiary/aromatic N) is 4. The quantitative estimate of drug-likeness (QED) is 0.178. The van der Waals surface area contributed by atoms with E-state index >= 15 is 0 Å². The van der Waals surface area contributed by atoms with Crippen molar-refractivity contribution in [3.63, 3.8) is 0 Å². The van der Waals surface area contributed by atoms with E-state index in [-0.39, 0.29) is 12.5 Å². The summed E-state index contributed by atoms with van der Waals surface area (Å²) in [6.45, 7) is 1.95. The molecule has 2 saturated heterocycles. The maximum atomic E-state index is 13.7. The van der Waals surface area contributed by atoms with Crippen LogP contribution < -0.4 is 0 Å². The van der Waals surface area contributed by atoms with Gasteiger partial charge in [-0.1, -0.05) is 84.0 Å². The van der Waals surface area contributed by atoms with E-state index in [1.54, 1.807) is 11.8 Å². The maximum Gasteiger partial charge on any atom is 0.331 e. The standard InChI is InChI=1S/C26H20N4O3S/c1-2-33-24(32)22-25(19-14-8-6-12-17(19)18-13-7-9-15-20(18)25)34-26(16-10-4-3-5-11-16)21(28-29-27)23(31)30(22)26/h3-15,21-22H,2H2,1H3/t21-,22-,26+/m1/s1. The molecule has 8 heteroatoms. The largest absolute Gasteiger partial charge is 0.464 e. The second-order valence-corrected chi connectivity index (χ2v) is 9.93. The molecule has 6 rings (SSSR count). The van der Waals surface area contributed by atoms with E-state index in [0.717, 1.165) is 27.8 Å². The molecule has 168 valence electrons. The van der Waals surface area contributed by atoms with Gasteiger partial charge in [-0.15, -0.1) is 11.8 Å². The summed E-state index contributed by atoms with van der Waals surface area (Å²) >= 11 is 1.51. The molecule has 0 saturated carbocycles. The first-order valence-electron chi connectivity index (χ1n) is 11.1. The number of fused-ring (bicyclic) bond motifs is 6. The summed E-state index contributed by atoms with van der Waals surface area (Å²) in [6, 6.07) is 23.6. The van der Waals surface area contributed by atoms with E-state index in [4.69, 9.17) is 4.74 Å². The zero-order valence-electron chi connectivity index (χ0n) is 18.3. The minimum atomic E-state index is -1.04. The van der Waals surface area contributed by atoms with Crippen molar-refractivity contribution in [2.24, 2.45) is 5.11 Å². The number of β-lactam (4-membered cyclic amide) rings is 1. The highest BCUT2D eigenvalue weighted by Gasteiger charge is 2.77. The number of rotatable bonds is 4. The van der Waals surface area contributed by atoms with Crippen LogP contribution in [0.3, 0.4) is 0 Å². The predicted octanol–water partition coefficient (Wildman–Crippen LogP) is 4.96. The molecule has 2 aliphatic heterocycles. The minimum Gasteiger partial charge on any atom is -0.464 e. The number of azide groups is 1. The van der Waals surface area contributed by atoms with Crippen molar-refractivity contribution in [3.05, 3.63) is 106 Å². The van der Waals surface area contributed by atoms with Crippen molar-refractivity contribution < 1.29 is 14.3 Å². The van der Waals surface area contributed by atoms with Gasteiger partial charge in [0.2, 0.25) is 5.91 Å². The average Bonchev–Trinajstić information content (AvgIpc) is 3.33. The van der Waals surface area contributed by atoms with Crippen LogP contribution in [0.15, 0.2) is 84.0 Å². The van der Waals surface area contributed by atoms with E-state index in [1.807, 2.05) is 78.9 Å². The topological polar surface area (TPSA) is 95.4 Å². The first-order chi connectivity index (χ1) is 16.6. The first kappa shape index (κ1) is 20.8. The average molecular weight is 469 g/mol. The predicted molar refractivity (Wildman–Crippen MR) is 129 cm³/mol. The van der Waals surface area contributed by atoms with Crippen LogP contribution in [0.5, 0.6) is 0 Å². The molecule has 3 atom stereocenters. The third-order valence-electron chi connectivity index (χ3n) is 6.97. The van der Waals surface area contributed by atoms with Gasteiger partial charge in [0.15, 0.2) is 12.1 Å². The van der Waals surface area contributed by atoms with Crippen LogP contribution in [0.4, 0.5) is 0 Å². The fraction of sp³-hybridized carbons (Fsp3) is 0.231. The van der Waals surface area contributed by atoms with Gasteiger partial charge in [-0.2, -0.15) is 0 Å². The Morgan fingerprint density at radius 3 is 2.21 bits per heavy atom. The number of esters is 1. The van der Waals surface area contributed by atoms with Crippen molar-refractivity contribution in [3.8, 4) is 11.1 Å². The van der Waals surface area contributed by atoms with Gasteiger partial charge in [0, 0.05) is 4.91 Å². The van der Waals surface area contributed by atoms with Gasteiger partial charge >= 0.3 is 5.97 Å². The van der Waals surface area contributed by atoms with Gasteiger partial charge < -0.3 is 9.64 Å².